The molecular weight excluding hydrogens is 168 g/mol. The van der Waals surface area contributed by atoms with Gasteiger partial charge in [-0.1, -0.05) is 26.7 Å². The molecule has 0 radical (unpaired) electrons. The highest BCUT2D eigenvalue weighted by molar-refractivity contribution is 6.04. The topological polar surface area (TPSA) is 43.4 Å². The summed E-state index contributed by atoms with van der Waals surface area (Å²) < 4.78 is 4.67. The predicted octanol–water partition coefficient (Wildman–Crippen LogP) is 1.55. The Bertz CT molecular complexity index is 194. The predicted molar refractivity (Wildman–Crippen MR) is 48.1 cm³/mol. The number of rotatable bonds is 4. The Morgan fingerprint density at radius 1 is 1.54 bits per heavy atom. The van der Waals surface area contributed by atoms with Crippen molar-refractivity contribution in [2.24, 2.45) is 11.8 Å². The van der Waals surface area contributed by atoms with Gasteiger partial charge in [0.15, 0.2) is 12.4 Å². The summed E-state index contributed by atoms with van der Waals surface area (Å²) in [6.45, 7) is 4.16. The third-order valence-corrected chi connectivity index (χ3v) is 2.45. The van der Waals surface area contributed by atoms with Gasteiger partial charge in [-0.15, -0.1) is 0 Å². The van der Waals surface area contributed by atoms with Crippen LogP contribution in [0.1, 0.15) is 33.1 Å². The van der Waals surface area contributed by atoms with Crippen molar-refractivity contribution in [3.8, 4) is 0 Å². The van der Waals surface area contributed by atoms with Crippen molar-refractivity contribution < 1.29 is 14.3 Å². The molecule has 2 unspecified atom stereocenters. The first kappa shape index (κ1) is 10.2. The first-order valence-electron chi connectivity index (χ1n) is 4.84. The summed E-state index contributed by atoms with van der Waals surface area (Å²) in [6, 6.07) is 0. The summed E-state index contributed by atoms with van der Waals surface area (Å²) in [5.41, 5.74) is 0. The van der Waals surface area contributed by atoms with Gasteiger partial charge in [-0.2, -0.15) is 0 Å². The van der Waals surface area contributed by atoms with E-state index in [0.29, 0.717) is 12.3 Å². The van der Waals surface area contributed by atoms with Gasteiger partial charge in [0, 0.05) is 0 Å². The van der Waals surface area contributed by atoms with E-state index in [1.165, 1.54) is 0 Å². The van der Waals surface area contributed by atoms with Crippen molar-refractivity contribution in [2.75, 3.05) is 6.61 Å². The van der Waals surface area contributed by atoms with Gasteiger partial charge in [-0.05, 0) is 12.3 Å². The summed E-state index contributed by atoms with van der Waals surface area (Å²) in [4.78, 5) is 22.3. The van der Waals surface area contributed by atoms with Crippen molar-refractivity contribution in [1.29, 1.82) is 0 Å². The molecule has 3 nitrogen and oxygen atoms in total. The highest BCUT2D eigenvalue weighted by Gasteiger charge is 2.35. The van der Waals surface area contributed by atoms with Crippen LogP contribution in [0.15, 0.2) is 0 Å². The van der Waals surface area contributed by atoms with Crippen LogP contribution in [-0.2, 0) is 14.3 Å². The van der Waals surface area contributed by atoms with Crippen molar-refractivity contribution in [2.45, 2.75) is 33.1 Å². The van der Waals surface area contributed by atoms with Crippen LogP contribution in [0.25, 0.3) is 0 Å². The quantitative estimate of drug-likeness (QED) is 0.492. The highest BCUT2D eigenvalue weighted by Crippen LogP contribution is 2.22. The number of carbonyl (C=O) groups is 2. The van der Waals surface area contributed by atoms with Gasteiger partial charge in [0.25, 0.3) is 0 Å². The Hall–Kier alpha value is -0.860. The van der Waals surface area contributed by atoms with Gasteiger partial charge in [0.1, 0.15) is 5.92 Å². The molecule has 1 heterocycles. The molecule has 0 aromatic heterocycles. The van der Waals surface area contributed by atoms with E-state index in [4.69, 9.17) is 0 Å². The zero-order valence-electron chi connectivity index (χ0n) is 8.21. The lowest BCUT2D eigenvalue weighted by Gasteiger charge is -2.11. The second-order valence-electron chi connectivity index (χ2n) is 3.76. The maximum absolute atomic E-state index is 11.2. The third-order valence-electron chi connectivity index (χ3n) is 2.45. The van der Waals surface area contributed by atoms with Gasteiger partial charge < -0.3 is 4.74 Å². The van der Waals surface area contributed by atoms with Crippen LogP contribution in [0.4, 0.5) is 0 Å². The molecular formula is C10H16O3. The molecule has 0 bridgehead atoms. The van der Waals surface area contributed by atoms with Gasteiger partial charge >= 0.3 is 5.97 Å². The summed E-state index contributed by atoms with van der Waals surface area (Å²) in [5.74, 6) is -0.410. The van der Waals surface area contributed by atoms with Crippen LogP contribution < -0.4 is 0 Å². The first-order valence-corrected chi connectivity index (χ1v) is 4.84. The van der Waals surface area contributed by atoms with Crippen LogP contribution in [0.3, 0.4) is 0 Å². The molecule has 0 aliphatic carbocycles. The molecule has 0 aromatic rings. The lowest BCUT2D eigenvalue weighted by Crippen LogP contribution is -2.18. The summed E-state index contributed by atoms with van der Waals surface area (Å²) in [7, 11) is 0. The molecule has 74 valence electrons. The van der Waals surface area contributed by atoms with E-state index in [9.17, 15) is 9.59 Å². The first-order chi connectivity index (χ1) is 6.15. The van der Waals surface area contributed by atoms with Crippen LogP contribution in [-0.4, -0.2) is 18.4 Å². The fourth-order valence-electron chi connectivity index (χ4n) is 1.72. The Labute approximate surface area is 78.5 Å². The van der Waals surface area contributed by atoms with Crippen molar-refractivity contribution in [3.05, 3.63) is 0 Å². The van der Waals surface area contributed by atoms with E-state index < -0.39 is 5.92 Å². The Balaban J connectivity index is 2.43. The van der Waals surface area contributed by atoms with E-state index in [2.05, 4.69) is 18.6 Å². The number of hydrogen-bond acceptors (Lipinski definition) is 3. The van der Waals surface area contributed by atoms with E-state index in [1.54, 1.807) is 0 Å². The summed E-state index contributed by atoms with van der Waals surface area (Å²) >= 11 is 0. The summed E-state index contributed by atoms with van der Waals surface area (Å²) in [6.07, 6.45) is 2.82. The number of hydrogen-bond donors (Lipinski definition) is 0. The van der Waals surface area contributed by atoms with Crippen molar-refractivity contribution in [1.82, 2.24) is 0 Å². The fraction of sp³-hybridized carbons (Fsp3) is 0.800. The SMILES string of the molecule is CCCC(C)CC1C(=O)COC1=O. The lowest BCUT2D eigenvalue weighted by molar-refractivity contribution is -0.141. The zero-order chi connectivity index (χ0) is 9.84. The third kappa shape index (κ3) is 2.54. The number of ether oxygens (including phenoxy) is 1. The lowest BCUT2D eigenvalue weighted by atomic mass is 9.91. The molecule has 1 aliphatic rings. The Morgan fingerprint density at radius 3 is 2.69 bits per heavy atom. The molecule has 0 spiro atoms. The zero-order valence-corrected chi connectivity index (χ0v) is 8.21. The van der Waals surface area contributed by atoms with Crippen LogP contribution in [0.5, 0.6) is 0 Å². The molecule has 0 saturated carbocycles. The molecule has 1 fully saturated rings. The molecule has 1 rings (SSSR count). The van der Waals surface area contributed by atoms with Crippen molar-refractivity contribution in [3.63, 3.8) is 0 Å². The molecule has 1 aliphatic heterocycles. The number of esters is 1. The van der Waals surface area contributed by atoms with Gasteiger partial charge in [0.05, 0.1) is 0 Å². The summed E-state index contributed by atoms with van der Waals surface area (Å²) in [5, 5.41) is 0. The van der Waals surface area contributed by atoms with E-state index >= 15 is 0 Å². The smallest absolute Gasteiger partial charge is 0.317 e. The number of cyclic esters (lactones) is 1. The van der Waals surface area contributed by atoms with Crippen LogP contribution >= 0.6 is 0 Å². The maximum atomic E-state index is 11.2. The second-order valence-corrected chi connectivity index (χ2v) is 3.76. The highest BCUT2D eigenvalue weighted by atomic mass is 16.5. The minimum Gasteiger partial charge on any atom is -0.457 e. The van der Waals surface area contributed by atoms with Crippen LogP contribution in [0.2, 0.25) is 0 Å². The molecule has 0 N–H and O–H groups in total. The minimum atomic E-state index is -0.471. The maximum Gasteiger partial charge on any atom is 0.317 e. The molecule has 13 heavy (non-hydrogen) atoms. The average molecular weight is 184 g/mol. The van der Waals surface area contributed by atoms with Gasteiger partial charge in [-0.25, -0.2) is 0 Å². The average Bonchev–Trinajstić information content (AvgIpc) is 2.36. The molecule has 2 atom stereocenters. The molecule has 3 heteroatoms. The van der Waals surface area contributed by atoms with Crippen molar-refractivity contribution >= 4 is 11.8 Å². The number of ketones is 1. The number of Topliss-reactive ketones (excluding diaryl/α,β-unsaturated/α-hetero) is 1. The standard InChI is InChI=1S/C10H16O3/c1-3-4-7(2)5-8-9(11)6-13-10(8)12/h7-8H,3-6H2,1-2H3. The second kappa shape index (κ2) is 4.40. The molecule has 0 aromatic carbocycles. The fourth-order valence-corrected chi connectivity index (χ4v) is 1.72. The Morgan fingerprint density at radius 2 is 2.23 bits per heavy atom. The van der Waals surface area contributed by atoms with E-state index in [1.807, 2.05) is 0 Å². The van der Waals surface area contributed by atoms with E-state index in [-0.39, 0.29) is 18.4 Å². The largest absolute Gasteiger partial charge is 0.457 e. The molecule has 0 amide bonds. The van der Waals surface area contributed by atoms with Gasteiger partial charge in [0.2, 0.25) is 0 Å². The van der Waals surface area contributed by atoms with E-state index in [0.717, 1.165) is 12.8 Å². The Kier molecular flexibility index (Phi) is 3.46. The minimum absolute atomic E-state index is 0.0116. The monoisotopic (exact) mass is 184 g/mol. The normalized spacial score (nSPS) is 24.6. The van der Waals surface area contributed by atoms with Gasteiger partial charge in [-0.3, -0.25) is 9.59 Å². The number of carbonyl (C=O) groups excluding carboxylic acids is 2. The van der Waals surface area contributed by atoms with Crippen LogP contribution in [0, 0.1) is 11.8 Å². The molecule has 1 saturated heterocycles.